The maximum Gasteiger partial charge on any atom is 0.320 e. The molecule has 136 valence electrons. The van der Waals surface area contributed by atoms with Crippen molar-refractivity contribution in [3.05, 3.63) is 48.0 Å². The number of thiazole rings is 1. The standard InChI is InChI=1S/C17H17N3O4S2/c1-11-3-8-14-15(9-11)25-17(19-14)12-4-6-13(7-5-12)20-26(22,23)18-10-16(21)24-2/h3-9,18,20H,10H2,1-2H3. The molecule has 7 nitrogen and oxygen atoms in total. The number of nitrogens with zero attached hydrogens (tertiary/aromatic N) is 1. The summed E-state index contributed by atoms with van der Waals surface area (Å²) >= 11 is 1.58. The molecule has 0 amide bonds. The Balaban J connectivity index is 1.74. The highest BCUT2D eigenvalue weighted by atomic mass is 32.2. The van der Waals surface area contributed by atoms with Crippen molar-refractivity contribution in [2.75, 3.05) is 18.4 Å². The minimum atomic E-state index is -3.86. The van der Waals surface area contributed by atoms with E-state index < -0.39 is 22.7 Å². The van der Waals surface area contributed by atoms with Gasteiger partial charge in [-0.3, -0.25) is 9.52 Å². The number of hydrogen-bond donors (Lipinski definition) is 2. The number of benzene rings is 2. The molecule has 2 aromatic carbocycles. The average Bonchev–Trinajstić information content (AvgIpc) is 3.03. The second kappa shape index (κ2) is 7.40. The Morgan fingerprint density at radius 1 is 1.19 bits per heavy atom. The van der Waals surface area contributed by atoms with Crippen LogP contribution in [0.25, 0.3) is 20.8 Å². The van der Waals surface area contributed by atoms with Crippen LogP contribution in [0.3, 0.4) is 0 Å². The highest BCUT2D eigenvalue weighted by Gasteiger charge is 2.13. The minimum Gasteiger partial charge on any atom is -0.468 e. The smallest absolute Gasteiger partial charge is 0.320 e. The van der Waals surface area contributed by atoms with Crippen LogP contribution >= 0.6 is 11.3 Å². The van der Waals surface area contributed by atoms with Gasteiger partial charge in [-0.05, 0) is 48.9 Å². The molecule has 3 aromatic rings. The second-order valence-electron chi connectivity index (χ2n) is 5.57. The molecular formula is C17H17N3O4S2. The van der Waals surface area contributed by atoms with E-state index in [0.717, 1.165) is 20.8 Å². The number of fused-ring (bicyclic) bond motifs is 1. The van der Waals surface area contributed by atoms with Gasteiger partial charge in [-0.2, -0.15) is 13.1 Å². The number of nitrogens with one attached hydrogen (secondary N) is 2. The molecule has 0 spiro atoms. The van der Waals surface area contributed by atoms with E-state index >= 15 is 0 Å². The Morgan fingerprint density at radius 3 is 2.62 bits per heavy atom. The summed E-state index contributed by atoms with van der Waals surface area (Å²) in [5, 5.41) is 0.865. The maximum absolute atomic E-state index is 11.9. The quantitative estimate of drug-likeness (QED) is 0.630. The number of methoxy groups -OCH3 is 1. The molecule has 2 N–H and O–H groups in total. The molecule has 1 aromatic heterocycles. The molecule has 0 unspecified atom stereocenters. The topological polar surface area (TPSA) is 97.4 Å². The van der Waals surface area contributed by atoms with E-state index in [-0.39, 0.29) is 0 Å². The monoisotopic (exact) mass is 391 g/mol. The molecule has 1 heterocycles. The van der Waals surface area contributed by atoms with Crippen molar-refractivity contribution in [2.45, 2.75) is 6.92 Å². The summed E-state index contributed by atoms with van der Waals surface area (Å²) in [6, 6.07) is 13.0. The average molecular weight is 391 g/mol. The third-order valence-electron chi connectivity index (χ3n) is 3.56. The first kappa shape index (κ1) is 18.3. The Labute approximate surface area is 155 Å². The lowest BCUT2D eigenvalue weighted by atomic mass is 10.2. The lowest BCUT2D eigenvalue weighted by Crippen LogP contribution is -2.34. The number of carbonyl (C=O) groups excluding carboxylic acids is 1. The van der Waals surface area contributed by atoms with Crippen LogP contribution in [0.4, 0.5) is 5.69 Å². The molecular weight excluding hydrogens is 374 g/mol. The predicted molar refractivity (Wildman–Crippen MR) is 102 cm³/mol. The van der Waals surface area contributed by atoms with Gasteiger partial charge in [0.25, 0.3) is 10.2 Å². The molecule has 0 aliphatic heterocycles. The Bertz CT molecular complexity index is 1040. The zero-order valence-corrected chi connectivity index (χ0v) is 15.8. The van der Waals surface area contributed by atoms with E-state index in [1.165, 1.54) is 12.7 Å². The van der Waals surface area contributed by atoms with Crippen molar-refractivity contribution < 1.29 is 17.9 Å². The van der Waals surface area contributed by atoms with E-state index in [1.807, 2.05) is 19.1 Å². The molecule has 0 aliphatic rings. The fraction of sp³-hybridized carbons (Fsp3) is 0.176. The number of rotatable bonds is 6. The highest BCUT2D eigenvalue weighted by molar-refractivity contribution is 7.90. The Morgan fingerprint density at radius 2 is 1.92 bits per heavy atom. The zero-order valence-electron chi connectivity index (χ0n) is 14.1. The summed E-state index contributed by atoms with van der Waals surface area (Å²) in [7, 11) is -2.67. The number of hydrogen-bond acceptors (Lipinski definition) is 6. The molecule has 0 bridgehead atoms. The molecule has 3 rings (SSSR count). The normalized spacial score (nSPS) is 11.5. The van der Waals surface area contributed by atoms with Gasteiger partial charge >= 0.3 is 5.97 Å². The fourth-order valence-corrected chi connectivity index (χ4v) is 4.15. The maximum atomic E-state index is 11.9. The van der Waals surface area contributed by atoms with Gasteiger partial charge in [0.15, 0.2) is 0 Å². The largest absolute Gasteiger partial charge is 0.468 e. The van der Waals surface area contributed by atoms with Gasteiger partial charge in [0.1, 0.15) is 11.6 Å². The van der Waals surface area contributed by atoms with Crippen LogP contribution < -0.4 is 9.44 Å². The second-order valence-corrected chi connectivity index (χ2v) is 8.10. The van der Waals surface area contributed by atoms with Gasteiger partial charge in [-0.25, -0.2) is 4.98 Å². The Kier molecular flexibility index (Phi) is 5.21. The van der Waals surface area contributed by atoms with Gasteiger partial charge in [0.2, 0.25) is 0 Å². The Hall–Kier alpha value is -2.49. The van der Waals surface area contributed by atoms with Crippen molar-refractivity contribution in [1.82, 2.24) is 9.71 Å². The van der Waals surface area contributed by atoms with Crippen LogP contribution in [0, 0.1) is 6.92 Å². The minimum absolute atomic E-state index is 0.378. The van der Waals surface area contributed by atoms with Crippen LogP contribution in [-0.4, -0.2) is 33.0 Å². The number of aromatic nitrogens is 1. The lowest BCUT2D eigenvalue weighted by Gasteiger charge is -2.08. The molecule has 0 fully saturated rings. The molecule has 0 saturated carbocycles. The molecule has 9 heteroatoms. The number of carbonyl (C=O) groups is 1. The van der Waals surface area contributed by atoms with E-state index in [4.69, 9.17) is 0 Å². The first-order valence-electron chi connectivity index (χ1n) is 7.68. The van der Waals surface area contributed by atoms with Crippen LogP contribution in [-0.2, 0) is 19.7 Å². The molecule has 0 aliphatic carbocycles. The SMILES string of the molecule is COC(=O)CNS(=O)(=O)Nc1ccc(-c2nc3ccc(C)cc3s2)cc1. The number of esters is 1. The summed E-state index contributed by atoms with van der Waals surface area (Å²) in [5.41, 5.74) is 3.39. The fourth-order valence-electron chi connectivity index (χ4n) is 2.25. The number of ether oxygens (including phenoxy) is 1. The van der Waals surface area contributed by atoms with Gasteiger partial charge in [-0.15, -0.1) is 11.3 Å². The van der Waals surface area contributed by atoms with Gasteiger partial charge < -0.3 is 4.74 Å². The highest BCUT2D eigenvalue weighted by Crippen LogP contribution is 2.31. The van der Waals surface area contributed by atoms with E-state index in [9.17, 15) is 13.2 Å². The number of anilines is 1. The van der Waals surface area contributed by atoms with Crippen LogP contribution in [0.1, 0.15) is 5.56 Å². The van der Waals surface area contributed by atoms with E-state index in [1.54, 1.807) is 35.6 Å². The van der Waals surface area contributed by atoms with Crippen molar-refractivity contribution in [1.29, 1.82) is 0 Å². The summed E-state index contributed by atoms with van der Waals surface area (Å²) in [5.74, 6) is -0.670. The van der Waals surface area contributed by atoms with Crippen molar-refractivity contribution in [3.8, 4) is 10.6 Å². The van der Waals surface area contributed by atoms with Gasteiger partial charge in [0.05, 0.1) is 17.3 Å². The van der Waals surface area contributed by atoms with E-state index in [2.05, 4.69) is 25.2 Å². The summed E-state index contributed by atoms with van der Waals surface area (Å²) in [6.45, 7) is 1.60. The van der Waals surface area contributed by atoms with Crippen molar-refractivity contribution in [2.24, 2.45) is 0 Å². The summed E-state index contributed by atoms with van der Waals surface area (Å²) in [4.78, 5) is 15.6. The summed E-state index contributed by atoms with van der Waals surface area (Å²) in [6.07, 6.45) is 0. The third-order valence-corrected chi connectivity index (χ3v) is 5.66. The van der Waals surface area contributed by atoms with Gasteiger partial charge in [0, 0.05) is 11.3 Å². The number of aryl methyl sites for hydroxylation is 1. The zero-order chi connectivity index (χ0) is 18.7. The molecule has 26 heavy (non-hydrogen) atoms. The predicted octanol–water partition coefficient (Wildman–Crippen LogP) is 2.69. The molecule has 0 saturated heterocycles. The van der Waals surface area contributed by atoms with Crippen LogP contribution in [0.5, 0.6) is 0 Å². The van der Waals surface area contributed by atoms with Gasteiger partial charge in [-0.1, -0.05) is 6.07 Å². The summed E-state index contributed by atoms with van der Waals surface area (Å²) < 4.78 is 33.7. The molecule has 0 atom stereocenters. The first-order chi connectivity index (χ1) is 12.4. The molecule has 0 radical (unpaired) electrons. The van der Waals surface area contributed by atoms with E-state index in [0.29, 0.717) is 5.69 Å². The third kappa shape index (κ3) is 4.37. The lowest BCUT2D eigenvalue weighted by molar-refractivity contribution is -0.139. The first-order valence-corrected chi connectivity index (χ1v) is 9.98. The van der Waals surface area contributed by atoms with Crippen molar-refractivity contribution in [3.63, 3.8) is 0 Å². The van der Waals surface area contributed by atoms with Crippen molar-refractivity contribution >= 4 is 43.4 Å². The van der Waals surface area contributed by atoms with Crippen LogP contribution in [0.15, 0.2) is 42.5 Å². The van der Waals surface area contributed by atoms with Crippen LogP contribution in [0.2, 0.25) is 0 Å².